The molecule has 1 aliphatic heterocycles. The summed E-state index contributed by atoms with van der Waals surface area (Å²) in [5.74, 6) is 0.400. The van der Waals surface area contributed by atoms with Gasteiger partial charge in [-0.15, -0.1) is 0 Å². The molecule has 0 unspecified atom stereocenters. The zero-order valence-corrected chi connectivity index (χ0v) is 16.4. The van der Waals surface area contributed by atoms with Crippen molar-refractivity contribution in [3.05, 3.63) is 63.0 Å². The number of halogens is 1. The highest BCUT2D eigenvalue weighted by atomic mass is 79.9. The van der Waals surface area contributed by atoms with Gasteiger partial charge in [-0.25, -0.2) is 9.97 Å². The van der Waals surface area contributed by atoms with Crippen molar-refractivity contribution in [2.45, 2.75) is 0 Å². The highest BCUT2D eigenvalue weighted by molar-refractivity contribution is 9.10. The zero-order chi connectivity index (χ0) is 19.0. The summed E-state index contributed by atoms with van der Waals surface area (Å²) in [5, 5.41) is 0. The van der Waals surface area contributed by atoms with Gasteiger partial charge in [-0.1, -0.05) is 12.1 Å². The van der Waals surface area contributed by atoms with Crippen LogP contribution in [0, 0.1) is 0 Å². The predicted octanol–water partition coefficient (Wildman–Crippen LogP) is 2.05. The van der Waals surface area contributed by atoms with Gasteiger partial charge in [0.15, 0.2) is 11.5 Å². The number of hydrogen-bond donors (Lipinski definition) is 0. The molecule has 0 atom stereocenters. The minimum Gasteiger partial charge on any atom is -0.348 e. The number of carbonyl (C=O) groups excluding carboxylic acids is 1. The maximum atomic E-state index is 12.7. The number of rotatable bonds is 2. The standard InChI is InChI=1S/C19H18BrN5O2/c1-23-16-15(7-4-8-21-16)22-17(19(23)27)24-9-11-25(12-10-24)18(26)13-5-2-3-6-14(13)20/h2-8H,9-12H2,1H3. The van der Waals surface area contributed by atoms with E-state index in [1.807, 2.05) is 40.1 Å². The van der Waals surface area contributed by atoms with Crippen LogP contribution in [0.2, 0.25) is 0 Å². The Labute approximate surface area is 164 Å². The topological polar surface area (TPSA) is 71.3 Å². The van der Waals surface area contributed by atoms with Crippen LogP contribution < -0.4 is 10.5 Å². The molecule has 138 valence electrons. The molecule has 0 saturated carbocycles. The Morgan fingerprint density at radius 2 is 1.81 bits per heavy atom. The normalized spacial score (nSPS) is 14.6. The summed E-state index contributed by atoms with van der Waals surface area (Å²) in [7, 11) is 1.70. The van der Waals surface area contributed by atoms with Gasteiger partial charge in [-0.05, 0) is 40.2 Å². The number of aromatic nitrogens is 3. The number of aryl methyl sites for hydroxylation is 1. The lowest BCUT2D eigenvalue weighted by Gasteiger charge is -2.35. The van der Waals surface area contributed by atoms with Gasteiger partial charge in [0.05, 0.1) is 5.56 Å². The first-order chi connectivity index (χ1) is 13.1. The van der Waals surface area contributed by atoms with Gasteiger partial charge in [0.2, 0.25) is 0 Å². The molecule has 8 heteroatoms. The monoisotopic (exact) mass is 427 g/mol. The molecule has 3 aromatic rings. The SMILES string of the molecule is Cn1c(=O)c(N2CCN(C(=O)c3ccccc3Br)CC2)nc2cccnc21. The summed E-state index contributed by atoms with van der Waals surface area (Å²) in [6.45, 7) is 2.20. The summed E-state index contributed by atoms with van der Waals surface area (Å²) in [5.41, 5.74) is 1.72. The second kappa shape index (κ2) is 7.11. The first-order valence-electron chi connectivity index (χ1n) is 8.67. The predicted molar refractivity (Wildman–Crippen MR) is 107 cm³/mol. The molecule has 0 N–H and O–H groups in total. The number of pyridine rings is 1. The molecule has 1 aliphatic rings. The van der Waals surface area contributed by atoms with E-state index in [0.29, 0.717) is 48.7 Å². The fourth-order valence-corrected chi connectivity index (χ4v) is 3.73. The van der Waals surface area contributed by atoms with Gasteiger partial charge in [0.1, 0.15) is 5.52 Å². The lowest BCUT2D eigenvalue weighted by atomic mass is 10.2. The fourth-order valence-electron chi connectivity index (χ4n) is 3.27. The number of hydrogen-bond acceptors (Lipinski definition) is 5. The Morgan fingerprint density at radius 1 is 1.07 bits per heavy atom. The second-order valence-corrected chi connectivity index (χ2v) is 7.26. The Bertz CT molecular complexity index is 1070. The van der Waals surface area contributed by atoms with Crippen LogP contribution in [0.15, 0.2) is 51.9 Å². The quantitative estimate of drug-likeness (QED) is 0.625. The van der Waals surface area contributed by atoms with Crippen molar-refractivity contribution >= 4 is 38.8 Å². The average molecular weight is 428 g/mol. The zero-order valence-electron chi connectivity index (χ0n) is 14.8. The van der Waals surface area contributed by atoms with Gasteiger partial charge >= 0.3 is 0 Å². The number of carbonyl (C=O) groups is 1. The van der Waals surface area contributed by atoms with Crippen molar-refractivity contribution in [1.82, 2.24) is 19.4 Å². The van der Waals surface area contributed by atoms with Crippen LogP contribution in [0.25, 0.3) is 11.2 Å². The third kappa shape index (κ3) is 3.21. The molecule has 1 amide bonds. The lowest BCUT2D eigenvalue weighted by Crippen LogP contribution is -2.50. The molecule has 1 saturated heterocycles. The van der Waals surface area contributed by atoms with Crippen molar-refractivity contribution in [3.8, 4) is 0 Å². The van der Waals surface area contributed by atoms with Crippen LogP contribution in [-0.2, 0) is 7.05 Å². The van der Waals surface area contributed by atoms with Crippen molar-refractivity contribution in [1.29, 1.82) is 0 Å². The first kappa shape index (κ1) is 17.7. The summed E-state index contributed by atoms with van der Waals surface area (Å²) in [4.78, 5) is 37.9. The molecular formula is C19H18BrN5O2. The molecule has 3 heterocycles. The largest absolute Gasteiger partial charge is 0.348 e. The van der Waals surface area contributed by atoms with Crippen molar-refractivity contribution in [3.63, 3.8) is 0 Å². The molecule has 27 heavy (non-hydrogen) atoms. The van der Waals surface area contributed by atoms with Crippen LogP contribution in [0.1, 0.15) is 10.4 Å². The number of fused-ring (bicyclic) bond motifs is 1. The first-order valence-corrected chi connectivity index (χ1v) is 9.46. The van der Waals surface area contributed by atoms with E-state index >= 15 is 0 Å². The molecule has 0 radical (unpaired) electrons. The molecule has 7 nitrogen and oxygen atoms in total. The molecule has 2 aromatic heterocycles. The number of amides is 1. The molecule has 1 fully saturated rings. The second-order valence-electron chi connectivity index (χ2n) is 6.40. The lowest BCUT2D eigenvalue weighted by molar-refractivity contribution is 0.0745. The van der Waals surface area contributed by atoms with Crippen LogP contribution >= 0.6 is 15.9 Å². The number of piperazine rings is 1. The van der Waals surface area contributed by atoms with Crippen LogP contribution in [0.3, 0.4) is 0 Å². The van der Waals surface area contributed by atoms with E-state index in [1.165, 1.54) is 4.57 Å². The summed E-state index contributed by atoms with van der Waals surface area (Å²) >= 11 is 3.43. The van der Waals surface area contributed by atoms with Crippen LogP contribution in [0.4, 0.5) is 5.82 Å². The Hall–Kier alpha value is -2.74. The number of anilines is 1. The summed E-state index contributed by atoms with van der Waals surface area (Å²) in [6.07, 6.45) is 1.65. The maximum absolute atomic E-state index is 12.7. The minimum atomic E-state index is -0.174. The maximum Gasteiger partial charge on any atom is 0.294 e. The fraction of sp³-hybridized carbons (Fsp3) is 0.263. The van der Waals surface area contributed by atoms with E-state index in [0.717, 1.165) is 4.47 Å². The number of benzene rings is 1. The minimum absolute atomic E-state index is 0.00861. The molecule has 0 spiro atoms. The molecule has 0 aliphatic carbocycles. The van der Waals surface area contributed by atoms with Gasteiger partial charge < -0.3 is 9.80 Å². The average Bonchev–Trinajstić information content (AvgIpc) is 2.71. The highest BCUT2D eigenvalue weighted by Gasteiger charge is 2.26. The van der Waals surface area contributed by atoms with Crippen LogP contribution in [-0.4, -0.2) is 51.5 Å². The third-order valence-electron chi connectivity index (χ3n) is 4.78. The molecular weight excluding hydrogens is 410 g/mol. The number of nitrogens with zero attached hydrogens (tertiary/aromatic N) is 5. The Kier molecular flexibility index (Phi) is 4.65. The molecule has 4 rings (SSSR count). The van der Waals surface area contributed by atoms with E-state index in [-0.39, 0.29) is 11.5 Å². The van der Waals surface area contributed by atoms with E-state index in [2.05, 4.69) is 25.9 Å². The summed E-state index contributed by atoms with van der Waals surface area (Å²) in [6, 6.07) is 11.1. The molecule has 0 bridgehead atoms. The van der Waals surface area contributed by atoms with Gasteiger partial charge in [-0.2, -0.15) is 0 Å². The van der Waals surface area contributed by atoms with Crippen molar-refractivity contribution < 1.29 is 4.79 Å². The Morgan fingerprint density at radius 3 is 2.56 bits per heavy atom. The van der Waals surface area contributed by atoms with E-state index in [1.54, 1.807) is 19.3 Å². The Balaban J connectivity index is 1.56. The van der Waals surface area contributed by atoms with Crippen molar-refractivity contribution in [2.75, 3.05) is 31.1 Å². The van der Waals surface area contributed by atoms with Gasteiger partial charge in [-0.3, -0.25) is 14.2 Å². The van der Waals surface area contributed by atoms with E-state index in [9.17, 15) is 9.59 Å². The van der Waals surface area contributed by atoms with Crippen LogP contribution in [0.5, 0.6) is 0 Å². The highest BCUT2D eigenvalue weighted by Crippen LogP contribution is 2.20. The third-order valence-corrected chi connectivity index (χ3v) is 5.47. The van der Waals surface area contributed by atoms with Gasteiger partial charge in [0, 0.05) is 43.9 Å². The van der Waals surface area contributed by atoms with Gasteiger partial charge in [0.25, 0.3) is 11.5 Å². The summed E-state index contributed by atoms with van der Waals surface area (Å²) < 4.78 is 2.31. The molecule has 1 aromatic carbocycles. The van der Waals surface area contributed by atoms with E-state index in [4.69, 9.17) is 0 Å². The van der Waals surface area contributed by atoms with E-state index < -0.39 is 0 Å². The smallest absolute Gasteiger partial charge is 0.294 e. The van der Waals surface area contributed by atoms with Crippen molar-refractivity contribution in [2.24, 2.45) is 7.05 Å².